The standard InChI is InChI=1S/C14H21N3O3/c1-4-14(12(18)19)6-5-7-17(9-14)13-15-10(2)8-11(16-13)20-3/h8H,4-7,9H2,1-3H3,(H,18,19). The fourth-order valence-electron chi connectivity index (χ4n) is 2.69. The van der Waals surface area contributed by atoms with Crippen LogP contribution in [-0.4, -0.2) is 41.2 Å². The van der Waals surface area contributed by atoms with Gasteiger partial charge in [0.05, 0.1) is 12.5 Å². The van der Waals surface area contributed by atoms with Crippen molar-refractivity contribution in [1.82, 2.24) is 9.97 Å². The number of piperidine rings is 1. The first-order valence-electron chi connectivity index (χ1n) is 6.89. The van der Waals surface area contributed by atoms with E-state index < -0.39 is 11.4 Å². The van der Waals surface area contributed by atoms with Gasteiger partial charge in [-0.3, -0.25) is 4.79 Å². The lowest BCUT2D eigenvalue weighted by atomic mass is 9.78. The molecule has 2 rings (SSSR count). The molecular weight excluding hydrogens is 258 g/mol. The molecule has 6 nitrogen and oxygen atoms in total. The SMILES string of the molecule is CCC1(C(=O)O)CCCN(c2nc(C)cc(OC)n2)C1. The van der Waals surface area contributed by atoms with Gasteiger partial charge < -0.3 is 14.7 Å². The largest absolute Gasteiger partial charge is 0.481 e. The number of carboxylic acids is 1. The normalized spacial score (nSPS) is 22.6. The molecule has 1 saturated heterocycles. The predicted octanol–water partition coefficient (Wildman–Crippen LogP) is 1.87. The Kier molecular flexibility index (Phi) is 4.11. The summed E-state index contributed by atoms with van der Waals surface area (Å²) in [5.41, 5.74) is 0.119. The highest BCUT2D eigenvalue weighted by molar-refractivity contribution is 5.75. The second-order valence-electron chi connectivity index (χ2n) is 5.32. The van der Waals surface area contributed by atoms with Gasteiger partial charge in [-0.1, -0.05) is 6.92 Å². The van der Waals surface area contributed by atoms with Crippen LogP contribution >= 0.6 is 0 Å². The number of aryl methyl sites for hydroxylation is 1. The summed E-state index contributed by atoms with van der Waals surface area (Å²) in [5.74, 6) is 0.334. The van der Waals surface area contributed by atoms with Gasteiger partial charge in [0.1, 0.15) is 0 Å². The van der Waals surface area contributed by atoms with Crippen LogP contribution in [0, 0.1) is 12.3 Å². The van der Waals surface area contributed by atoms with Crippen LogP contribution in [0.5, 0.6) is 5.88 Å². The third kappa shape index (κ3) is 2.69. The number of hydrogen-bond acceptors (Lipinski definition) is 5. The molecular formula is C14H21N3O3. The molecule has 20 heavy (non-hydrogen) atoms. The average Bonchev–Trinajstić information content (AvgIpc) is 2.46. The molecule has 1 fully saturated rings. The van der Waals surface area contributed by atoms with Crippen LogP contribution in [-0.2, 0) is 4.79 Å². The van der Waals surface area contributed by atoms with Crippen LogP contribution in [0.15, 0.2) is 6.07 Å². The van der Waals surface area contributed by atoms with E-state index in [-0.39, 0.29) is 0 Å². The van der Waals surface area contributed by atoms with Gasteiger partial charge in [0.2, 0.25) is 11.8 Å². The second kappa shape index (κ2) is 5.64. The van der Waals surface area contributed by atoms with E-state index in [1.807, 2.05) is 18.7 Å². The molecule has 0 spiro atoms. The van der Waals surface area contributed by atoms with Crippen molar-refractivity contribution in [2.75, 3.05) is 25.1 Å². The number of rotatable bonds is 4. The van der Waals surface area contributed by atoms with Crippen LogP contribution in [0.25, 0.3) is 0 Å². The molecule has 0 saturated carbocycles. The molecule has 0 bridgehead atoms. The number of aromatic nitrogens is 2. The van der Waals surface area contributed by atoms with E-state index in [0.29, 0.717) is 31.2 Å². The van der Waals surface area contributed by atoms with Gasteiger partial charge in [-0.15, -0.1) is 0 Å². The monoisotopic (exact) mass is 279 g/mol. The summed E-state index contributed by atoms with van der Waals surface area (Å²) in [4.78, 5) is 22.3. The minimum absolute atomic E-state index is 0.450. The number of nitrogens with zero attached hydrogens (tertiary/aromatic N) is 3. The Bertz CT molecular complexity index is 506. The van der Waals surface area contributed by atoms with Gasteiger partial charge in [-0.05, 0) is 26.2 Å². The number of ether oxygens (including phenoxy) is 1. The Labute approximate surface area is 118 Å². The van der Waals surface area contributed by atoms with E-state index in [1.54, 1.807) is 13.2 Å². The molecule has 0 amide bonds. The maximum atomic E-state index is 11.6. The van der Waals surface area contributed by atoms with Gasteiger partial charge in [0.15, 0.2) is 0 Å². The van der Waals surface area contributed by atoms with Crippen molar-refractivity contribution in [3.8, 4) is 5.88 Å². The quantitative estimate of drug-likeness (QED) is 0.907. The average molecular weight is 279 g/mol. The fraction of sp³-hybridized carbons (Fsp3) is 0.643. The third-order valence-electron chi connectivity index (χ3n) is 4.02. The number of carboxylic acid groups (broad SMARTS) is 1. The lowest BCUT2D eigenvalue weighted by molar-refractivity contribution is -0.149. The van der Waals surface area contributed by atoms with Gasteiger partial charge in [-0.25, -0.2) is 4.98 Å². The fourth-order valence-corrected chi connectivity index (χ4v) is 2.69. The Morgan fingerprint density at radius 1 is 1.55 bits per heavy atom. The van der Waals surface area contributed by atoms with Gasteiger partial charge in [0.25, 0.3) is 0 Å². The third-order valence-corrected chi connectivity index (χ3v) is 4.02. The zero-order chi connectivity index (χ0) is 14.8. The molecule has 1 N–H and O–H groups in total. The van der Waals surface area contributed by atoms with Crippen LogP contribution in [0.4, 0.5) is 5.95 Å². The van der Waals surface area contributed by atoms with Crippen molar-refractivity contribution >= 4 is 11.9 Å². The molecule has 0 radical (unpaired) electrons. The summed E-state index contributed by atoms with van der Waals surface area (Å²) >= 11 is 0. The van der Waals surface area contributed by atoms with Crippen LogP contribution in [0.2, 0.25) is 0 Å². The Hall–Kier alpha value is -1.85. The molecule has 1 aromatic rings. The summed E-state index contributed by atoms with van der Waals surface area (Å²) in [6, 6.07) is 1.76. The van der Waals surface area contributed by atoms with Gasteiger partial charge in [0, 0.05) is 24.8 Å². The van der Waals surface area contributed by atoms with Gasteiger partial charge >= 0.3 is 5.97 Å². The molecule has 1 aliphatic heterocycles. The number of hydrogen-bond donors (Lipinski definition) is 1. The maximum absolute atomic E-state index is 11.6. The van der Waals surface area contributed by atoms with Gasteiger partial charge in [-0.2, -0.15) is 4.98 Å². The first-order chi connectivity index (χ1) is 9.50. The highest BCUT2D eigenvalue weighted by atomic mass is 16.5. The molecule has 0 aliphatic carbocycles. The highest BCUT2D eigenvalue weighted by Gasteiger charge is 2.41. The summed E-state index contributed by atoms with van der Waals surface area (Å²) in [6.45, 7) is 5.03. The van der Waals surface area contributed by atoms with Crippen LogP contribution < -0.4 is 9.64 Å². The van der Waals surface area contributed by atoms with Crippen molar-refractivity contribution in [1.29, 1.82) is 0 Å². The number of carbonyl (C=O) groups is 1. The molecule has 1 atom stereocenters. The van der Waals surface area contributed by atoms with Crippen molar-refractivity contribution < 1.29 is 14.6 Å². The van der Waals surface area contributed by atoms with E-state index in [9.17, 15) is 9.90 Å². The van der Waals surface area contributed by atoms with Crippen LogP contribution in [0.1, 0.15) is 31.9 Å². The number of anilines is 1. The lowest BCUT2D eigenvalue weighted by Crippen LogP contribution is -2.48. The van der Waals surface area contributed by atoms with E-state index in [4.69, 9.17) is 4.74 Å². The number of methoxy groups -OCH3 is 1. The second-order valence-corrected chi connectivity index (χ2v) is 5.32. The van der Waals surface area contributed by atoms with Crippen molar-refractivity contribution in [2.24, 2.45) is 5.41 Å². The Balaban J connectivity index is 2.29. The lowest BCUT2D eigenvalue weighted by Gasteiger charge is -2.39. The van der Waals surface area contributed by atoms with E-state index in [1.165, 1.54) is 0 Å². The molecule has 1 aliphatic rings. The molecule has 2 heterocycles. The van der Waals surface area contributed by atoms with E-state index >= 15 is 0 Å². The minimum atomic E-state index is -0.732. The minimum Gasteiger partial charge on any atom is -0.481 e. The molecule has 110 valence electrons. The summed E-state index contributed by atoms with van der Waals surface area (Å²) in [7, 11) is 1.56. The Morgan fingerprint density at radius 3 is 2.90 bits per heavy atom. The van der Waals surface area contributed by atoms with Crippen molar-refractivity contribution in [3.63, 3.8) is 0 Å². The summed E-state index contributed by atoms with van der Waals surface area (Å²) in [5, 5.41) is 9.52. The first kappa shape index (κ1) is 14.6. The molecule has 1 aromatic heterocycles. The first-order valence-corrected chi connectivity index (χ1v) is 6.89. The summed E-state index contributed by atoms with van der Waals surface area (Å²) in [6.07, 6.45) is 2.15. The smallest absolute Gasteiger partial charge is 0.311 e. The predicted molar refractivity (Wildman–Crippen MR) is 75.1 cm³/mol. The molecule has 1 unspecified atom stereocenters. The van der Waals surface area contributed by atoms with E-state index in [2.05, 4.69) is 9.97 Å². The molecule has 6 heteroatoms. The van der Waals surface area contributed by atoms with Crippen molar-refractivity contribution in [2.45, 2.75) is 33.1 Å². The Morgan fingerprint density at radius 2 is 2.30 bits per heavy atom. The topological polar surface area (TPSA) is 75.5 Å². The van der Waals surface area contributed by atoms with Crippen molar-refractivity contribution in [3.05, 3.63) is 11.8 Å². The highest BCUT2D eigenvalue weighted by Crippen LogP contribution is 2.35. The molecule has 0 aromatic carbocycles. The summed E-state index contributed by atoms with van der Waals surface area (Å²) < 4.78 is 5.16. The van der Waals surface area contributed by atoms with Crippen LogP contribution in [0.3, 0.4) is 0 Å². The zero-order valence-corrected chi connectivity index (χ0v) is 12.2. The maximum Gasteiger partial charge on any atom is 0.311 e. The van der Waals surface area contributed by atoms with E-state index in [0.717, 1.165) is 18.7 Å². The number of aliphatic carboxylic acids is 1. The zero-order valence-electron chi connectivity index (χ0n) is 12.2.